The van der Waals surface area contributed by atoms with Crippen LogP contribution < -0.4 is 10.6 Å². The van der Waals surface area contributed by atoms with Crippen LogP contribution in [-0.2, 0) is 19.2 Å². The molecule has 10 heteroatoms. The van der Waals surface area contributed by atoms with Crippen LogP contribution in [0.5, 0.6) is 0 Å². The molecule has 186 valence electrons. The molecule has 0 fully saturated rings. The van der Waals surface area contributed by atoms with Gasteiger partial charge in [-0.15, -0.1) is 0 Å². The zero-order chi connectivity index (χ0) is 25.1. The Labute approximate surface area is 196 Å². The minimum Gasteiger partial charge on any atom is -0.480 e. The summed E-state index contributed by atoms with van der Waals surface area (Å²) in [6, 6.07) is -2.85. The van der Waals surface area contributed by atoms with Crippen LogP contribution in [0.15, 0.2) is 17.4 Å². The summed E-state index contributed by atoms with van der Waals surface area (Å²) in [6.07, 6.45) is 6.06. The summed E-state index contributed by atoms with van der Waals surface area (Å²) in [5.41, 5.74) is 0. The van der Waals surface area contributed by atoms with Crippen LogP contribution in [0.4, 0.5) is 0 Å². The number of carbonyl (C=O) groups is 4. The number of rotatable bonds is 14. The lowest BCUT2D eigenvalue weighted by Crippen LogP contribution is -2.61. The van der Waals surface area contributed by atoms with E-state index in [2.05, 4.69) is 15.6 Å². The maximum Gasteiger partial charge on any atom is 0.328 e. The van der Waals surface area contributed by atoms with Gasteiger partial charge < -0.3 is 15.7 Å². The number of hydrogen-bond acceptors (Lipinski definition) is 6. The second kappa shape index (κ2) is 13.6. The van der Waals surface area contributed by atoms with E-state index in [0.717, 1.165) is 0 Å². The number of carboxylic acids is 1. The van der Waals surface area contributed by atoms with E-state index >= 15 is 0 Å². The number of hydrazine groups is 1. The average molecular weight is 466 g/mol. The van der Waals surface area contributed by atoms with E-state index in [0.29, 0.717) is 19.3 Å². The third kappa shape index (κ3) is 9.23. The van der Waals surface area contributed by atoms with E-state index < -0.39 is 35.9 Å². The highest BCUT2D eigenvalue weighted by molar-refractivity contribution is 5.92. The minimum atomic E-state index is -1.12. The van der Waals surface area contributed by atoms with Crippen LogP contribution in [0.2, 0.25) is 0 Å². The highest BCUT2D eigenvalue weighted by atomic mass is 16.4. The van der Waals surface area contributed by atoms with E-state index in [-0.39, 0.29) is 30.7 Å². The number of nitrogens with zero attached hydrogens (tertiary/aromatic N) is 3. The Morgan fingerprint density at radius 1 is 1.03 bits per heavy atom. The van der Waals surface area contributed by atoms with Gasteiger partial charge in [-0.3, -0.25) is 24.4 Å². The molecule has 1 heterocycles. The quantitative estimate of drug-likeness (QED) is 0.335. The van der Waals surface area contributed by atoms with Gasteiger partial charge in [-0.2, -0.15) is 0 Å². The Hall–Kier alpha value is -2.91. The van der Waals surface area contributed by atoms with E-state index in [1.54, 1.807) is 12.4 Å². The summed E-state index contributed by atoms with van der Waals surface area (Å²) >= 11 is 0. The average Bonchev–Trinajstić information content (AvgIpc) is 2.72. The van der Waals surface area contributed by atoms with Crippen LogP contribution in [0.25, 0.3) is 0 Å². The van der Waals surface area contributed by atoms with E-state index in [1.165, 1.54) is 16.2 Å². The first kappa shape index (κ1) is 28.1. The standard InChI is InChI=1S/C23H39N5O5/c1-15(2)11-18(25-14-29)21(30)26-19(12-16(3)4)22(31)28(27-9-7-24-8-10-27)20(23(32)33)13-17(5)6/h7-9,14-20H,10-13H2,1-6H3,(H,25,29)(H,26,30)(H,32,33)/t18-,19-,20-/m0/s1. The first-order valence-corrected chi connectivity index (χ1v) is 11.5. The Morgan fingerprint density at radius 2 is 1.61 bits per heavy atom. The van der Waals surface area contributed by atoms with Crippen molar-refractivity contribution < 1.29 is 24.3 Å². The molecule has 3 amide bonds. The highest BCUT2D eigenvalue weighted by Gasteiger charge is 2.39. The number of carboxylic acid groups (broad SMARTS) is 1. The van der Waals surface area contributed by atoms with Crippen molar-refractivity contribution in [1.29, 1.82) is 0 Å². The van der Waals surface area contributed by atoms with Crippen molar-refractivity contribution in [2.45, 2.75) is 78.9 Å². The number of hydrogen-bond donors (Lipinski definition) is 3. The number of aliphatic imine (C=N–C) groups is 1. The molecule has 10 nitrogen and oxygen atoms in total. The second-order valence-corrected chi connectivity index (χ2v) is 9.58. The molecule has 1 aliphatic heterocycles. The van der Waals surface area contributed by atoms with Crippen molar-refractivity contribution in [3.05, 3.63) is 12.4 Å². The van der Waals surface area contributed by atoms with Gasteiger partial charge >= 0.3 is 5.97 Å². The summed E-state index contributed by atoms with van der Waals surface area (Å²) < 4.78 is 0. The topological polar surface area (TPSA) is 131 Å². The van der Waals surface area contributed by atoms with Crippen molar-refractivity contribution in [1.82, 2.24) is 20.7 Å². The molecule has 0 bridgehead atoms. The number of carbonyl (C=O) groups excluding carboxylic acids is 3. The molecule has 0 radical (unpaired) electrons. The maximum atomic E-state index is 13.8. The third-order valence-electron chi connectivity index (χ3n) is 5.09. The van der Waals surface area contributed by atoms with Crippen LogP contribution in [-0.4, -0.2) is 70.2 Å². The predicted molar refractivity (Wildman–Crippen MR) is 126 cm³/mol. The monoisotopic (exact) mass is 465 g/mol. The Kier molecular flexibility index (Phi) is 11.6. The lowest BCUT2D eigenvalue weighted by atomic mass is 9.98. The lowest BCUT2D eigenvalue weighted by molar-refractivity contribution is -0.166. The fourth-order valence-corrected chi connectivity index (χ4v) is 3.67. The zero-order valence-electron chi connectivity index (χ0n) is 20.5. The predicted octanol–water partition coefficient (Wildman–Crippen LogP) is 1.78. The molecule has 33 heavy (non-hydrogen) atoms. The van der Waals surface area contributed by atoms with Crippen LogP contribution >= 0.6 is 0 Å². The van der Waals surface area contributed by atoms with E-state index in [1.807, 2.05) is 41.5 Å². The Bertz CT molecular complexity index is 735. The molecule has 0 saturated carbocycles. The highest BCUT2D eigenvalue weighted by Crippen LogP contribution is 2.20. The van der Waals surface area contributed by atoms with Gasteiger partial charge in [0.1, 0.15) is 12.1 Å². The summed E-state index contributed by atoms with van der Waals surface area (Å²) in [7, 11) is 0. The molecule has 0 aromatic rings. The number of amides is 3. The summed E-state index contributed by atoms with van der Waals surface area (Å²) in [6.45, 7) is 11.7. The summed E-state index contributed by atoms with van der Waals surface area (Å²) in [4.78, 5) is 54.0. The molecule has 3 atom stereocenters. The van der Waals surface area contributed by atoms with Gasteiger partial charge in [-0.1, -0.05) is 41.5 Å². The molecular formula is C23H39N5O5. The molecule has 0 saturated heterocycles. The molecule has 3 N–H and O–H groups in total. The largest absolute Gasteiger partial charge is 0.480 e. The van der Waals surface area contributed by atoms with Crippen LogP contribution in [0.3, 0.4) is 0 Å². The van der Waals surface area contributed by atoms with Crippen LogP contribution in [0, 0.1) is 17.8 Å². The summed E-state index contributed by atoms with van der Waals surface area (Å²) in [5.74, 6) is -1.89. The number of nitrogens with one attached hydrogen (secondary N) is 2. The van der Waals surface area contributed by atoms with Crippen molar-refractivity contribution in [3.63, 3.8) is 0 Å². The van der Waals surface area contributed by atoms with Gasteiger partial charge in [-0.05, 0) is 37.0 Å². The fourth-order valence-electron chi connectivity index (χ4n) is 3.67. The number of aliphatic carboxylic acids is 1. The Balaban J connectivity index is 3.30. The van der Waals surface area contributed by atoms with Gasteiger partial charge in [0.05, 0.1) is 6.54 Å². The molecule has 0 aromatic carbocycles. The van der Waals surface area contributed by atoms with Gasteiger partial charge in [0.25, 0.3) is 5.91 Å². The Morgan fingerprint density at radius 3 is 2.06 bits per heavy atom. The molecule has 0 spiro atoms. The lowest BCUT2D eigenvalue weighted by Gasteiger charge is -2.40. The molecule has 0 aromatic heterocycles. The first-order chi connectivity index (χ1) is 15.5. The molecule has 1 aliphatic rings. The molecular weight excluding hydrogens is 426 g/mol. The van der Waals surface area contributed by atoms with E-state index in [4.69, 9.17) is 0 Å². The van der Waals surface area contributed by atoms with Gasteiger partial charge in [-0.25, -0.2) is 9.80 Å². The fraction of sp³-hybridized carbons (Fsp3) is 0.696. The zero-order valence-corrected chi connectivity index (χ0v) is 20.5. The second-order valence-electron chi connectivity index (χ2n) is 9.58. The van der Waals surface area contributed by atoms with Gasteiger partial charge in [0.15, 0.2) is 6.04 Å². The molecule has 1 rings (SSSR count). The van der Waals surface area contributed by atoms with Crippen molar-refractivity contribution >= 4 is 30.4 Å². The molecule has 0 unspecified atom stereocenters. The first-order valence-electron chi connectivity index (χ1n) is 11.5. The molecule has 0 aliphatic carbocycles. The van der Waals surface area contributed by atoms with Crippen LogP contribution in [0.1, 0.15) is 60.8 Å². The minimum absolute atomic E-state index is 0.0224. The van der Waals surface area contributed by atoms with E-state index in [9.17, 15) is 24.3 Å². The SMILES string of the molecule is CC(C)C[C@H](NC=O)C(=O)N[C@@H](CC(C)C)C(=O)N([C@@H](CC(C)C)C(=O)O)N1C=CN=CC1. The van der Waals surface area contributed by atoms with Gasteiger partial charge in [0.2, 0.25) is 12.3 Å². The normalized spacial score (nSPS) is 16.0. The third-order valence-corrected chi connectivity index (χ3v) is 5.09. The van der Waals surface area contributed by atoms with Crippen molar-refractivity contribution in [2.24, 2.45) is 22.7 Å². The summed E-state index contributed by atoms with van der Waals surface area (Å²) in [5, 5.41) is 18.0. The van der Waals surface area contributed by atoms with Gasteiger partial charge in [0, 0.05) is 18.6 Å². The van der Waals surface area contributed by atoms with Crippen molar-refractivity contribution in [3.8, 4) is 0 Å². The van der Waals surface area contributed by atoms with Crippen molar-refractivity contribution in [2.75, 3.05) is 6.54 Å². The maximum absolute atomic E-state index is 13.8. The smallest absolute Gasteiger partial charge is 0.328 e.